The van der Waals surface area contributed by atoms with Crippen LogP contribution in [0.3, 0.4) is 0 Å². The van der Waals surface area contributed by atoms with E-state index in [9.17, 15) is 4.79 Å². The molecule has 0 radical (unpaired) electrons. The fourth-order valence-electron chi connectivity index (χ4n) is 1.60. The van der Waals surface area contributed by atoms with Crippen LogP contribution in [0.1, 0.15) is 39.7 Å². The minimum absolute atomic E-state index is 0.0786. The molecule has 1 amide bonds. The Morgan fingerprint density at radius 1 is 1.33 bits per heavy atom. The molecule has 1 unspecified atom stereocenters. The molecule has 0 spiro atoms. The maximum Gasteiger partial charge on any atom is 0.224 e. The molecular weight excluding hydrogens is 290 g/mol. The van der Waals surface area contributed by atoms with E-state index in [0.717, 1.165) is 15.7 Å². The molecule has 0 aromatic heterocycles. The average Bonchev–Trinajstić information content (AvgIpc) is 2.13. The Labute approximate surface area is 118 Å². The van der Waals surface area contributed by atoms with Crippen LogP contribution in [0.25, 0.3) is 0 Å². The quantitative estimate of drug-likeness (QED) is 0.856. The van der Waals surface area contributed by atoms with Crippen LogP contribution in [0, 0.1) is 18.3 Å². The second-order valence-electron chi connectivity index (χ2n) is 6.04. The molecule has 0 saturated carbocycles. The van der Waals surface area contributed by atoms with Crippen LogP contribution in [0.4, 0.5) is 5.69 Å². The van der Waals surface area contributed by atoms with Gasteiger partial charge in [-0.2, -0.15) is 0 Å². The van der Waals surface area contributed by atoms with Crippen LogP contribution < -0.4 is 5.32 Å². The lowest BCUT2D eigenvalue weighted by molar-refractivity contribution is -0.117. The molecule has 3 heteroatoms. The first-order chi connectivity index (χ1) is 8.18. The lowest BCUT2D eigenvalue weighted by Gasteiger charge is -2.26. The molecule has 1 atom stereocenters. The van der Waals surface area contributed by atoms with E-state index in [2.05, 4.69) is 48.9 Å². The number of carbonyl (C=O) groups is 1. The van der Waals surface area contributed by atoms with E-state index < -0.39 is 0 Å². The van der Waals surface area contributed by atoms with Gasteiger partial charge in [0.25, 0.3) is 0 Å². The number of hydrogen-bond donors (Lipinski definition) is 1. The molecule has 2 nitrogen and oxygen atoms in total. The molecule has 18 heavy (non-hydrogen) atoms. The van der Waals surface area contributed by atoms with Crippen molar-refractivity contribution in [3.8, 4) is 0 Å². The van der Waals surface area contributed by atoms with Gasteiger partial charge in [-0.3, -0.25) is 4.79 Å². The summed E-state index contributed by atoms with van der Waals surface area (Å²) in [6.07, 6.45) is 0.551. The molecule has 1 rings (SSSR count). The smallest absolute Gasteiger partial charge is 0.224 e. The number of aryl methyl sites for hydroxylation is 1. The summed E-state index contributed by atoms with van der Waals surface area (Å²) in [5.74, 6) is 0.431. The van der Waals surface area contributed by atoms with E-state index in [4.69, 9.17) is 0 Å². The van der Waals surface area contributed by atoms with Crippen molar-refractivity contribution in [2.24, 2.45) is 11.3 Å². The molecule has 0 heterocycles. The van der Waals surface area contributed by atoms with Crippen molar-refractivity contribution in [2.45, 2.75) is 41.0 Å². The third kappa shape index (κ3) is 4.81. The fraction of sp³-hybridized carbons (Fsp3) is 0.533. The van der Waals surface area contributed by atoms with Gasteiger partial charge in [-0.15, -0.1) is 0 Å². The zero-order chi connectivity index (χ0) is 13.9. The molecular formula is C15H22BrNO. The molecule has 1 aromatic rings. The van der Waals surface area contributed by atoms with Gasteiger partial charge in [-0.25, -0.2) is 0 Å². The van der Waals surface area contributed by atoms with E-state index in [1.807, 2.05) is 25.1 Å². The van der Waals surface area contributed by atoms with Crippen LogP contribution >= 0.6 is 15.9 Å². The van der Waals surface area contributed by atoms with Gasteiger partial charge in [-0.1, -0.05) is 43.6 Å². The van der Waals surface area contributed by atoms with E-state index in [-0.39, 0.29) is 11.3 Å². The van der Waals surface area contributed by atoms with Gasteiger partial charge in [0.15, 0.2) is 0 Å². The number of nitrogens with one attached hydrogen (secondary N) is 1. The van der Waals surface area contributed by atoms with Crippen molar-refractivity contribution in [3.63, 3.8) is 0 Å². The summed E-state index contributed by atoms with van der Waals surface area (Å²) in [5.41, 5.74) is 2.14. The van der Waals surface area contributed by atoms with Crippen LogP contribution in [0.2, 0.25) is 0 Å². The maximum atomic E-state index is 12.0. The maximum absolute atomic E-state index is 12.0. The van der Waals surface area contributed by atoms with Gasteiger partial charge < -0.3 is 5.32 Å². The highest BCUT2D eigenvalue weighted by molar-refractivity contribution is 9.10. The zero-order valence-electron chi connectivity index (χ0n) is 11.8. The summed E-state index contributed by atoms with van der Waals surface area (Å²) >= 11 is 3.43. The summed E-state index contributed by atoms with van der Waals surface area (Å²) in [6, 6.07) is 5.92. The molecule has 0 bridgehead atoms. The first-order valence-corrected chi connectivity index (χ1v) is 7.05. The highest BCUT2D eigenvalue weighted by atomic mass is 79.9. The number of amides is 1. The number of halogens is 1. The minimum atomic E-state index is 0.0786. The number of anilines is 1. The zero-order valence-corrected chi connectivity index (χ0v) is 13.4. The van der Waals surface area contributed by atoms with Crippen molar-refractivity contribution >= 4 is 27.5 Å². The highest BCUT2D eigenvalue weighted by Gasteiger charge is 2.22. The Morgan fingerprint density at radius 2 is 1.94 bits per heavy atom. The normalized spacial score (nSPS) is 13.2. The SMILES string of the molecule is Cc1cc(Br)cc(NC(=O)CC(C)C(C)(C)C)c1. The third-order valence-corrected chi connectivity index (χ3v) is 3.75. The Bertz CT molecular complexity index is 414. The van der Waals surface area contributed by atoms with Gasteiger partial charge >= 0.3 is 0 Å². The molecule has 0 saturated heterocycles. The van der Waals surface area contributed by atoms with Crippen molar-refractivity contribution in [3.05, 3.63) is 28.2 Å². The van der Waals surface area contributed by atoms with Crippen LogP contribution in [0.5, 0.6) is 0 Å². The molecule has 1 N–H and O–H groups in total. The topological polar surface area (TPSA) is 29.1 Å². The predicted molar refractivity (Wildman–Crippen MR) is 80.7 cm³/mol. The summed E-state index contributed by atoms with van der Waals surface area (Å²) < 4.78 is 0.988. The van der Waals surface area contributed by atoms with Gasteiger partial charge in [0, 0.05) is 16.6 Å². The lowest BCUT2D eigenvalue weighted by atomic mass is 9.80. The highest BCUT2D eigenvalue weighted by Crippen LogP contribution is 2.28. The molecule has 0 aliphatic carbocycles. The standard InChI is InChI=1S/C15H22BrNO/c1-10-6-12(16)9-13(7-10)17-14(18)8-11(2)15(3,4)5/h6-7,9,11H,8H2,1-5H3,(H,17,18). The number of benzene rings is 1. The summed E-state index contributed by atoms with van der Waals surface area (Å²) in [4.78, 5) is 12.0. The molecule has 1 aromatic carbocycles. The molecule has 0 aliphatic rings. The third-order valence-electron chi connectivity index (χ3n) is 3.30. The number of rotatable bonds is 3. The van der Waals surface area contributed by atoms with E-state index in [0.29, 0.717) is 12.3 Å². The predicted octanol–water partition coefficient (Wildman–Crippen LogP) is 4.77. The van der Waals surface area contributed by atoms with E-state index >= 15 is 0 Å². The van der Waals surface area contributed by atoms with Crippen molar-refractivity contribution < 1.29 is 4.79 Å². The Hall–Kier alpha value is -0.830. The van der Waals surface area contributed by atoms with Crippen molar-refractivity contribution in [2.75, 3.05) is 5.32 Å². The largest absolute Gasteiger partial charge is 0.326 e. The van der Waals surface area contributed by atoms with Crippen LogP contribution in [0.15, 0.2) is 22.7 Å². The fourth-order valence-corrected chi connectivity index (χ4v) is 2.21. The second-order valence-corrected chi connectivity index (χ2v) is 6.95. The minimum Gasteiger partial charge on any atom is -0.326 e. The monoisotopic (exact) mass is 311 g/mol. The first-order valence-electron chi connectivity index (χ1n) is 6.25. The molecule has 0 fully saturated rings. The van der Waals surface area contributed by atoms with Gasteiger partial charge in [-0.05, 0) is 42.0 Å². The van der Waals surface area contributed by atoms with Gasteiger partial charge in [0.1, 0.15) is 0 Å². The first kappa shape index (κ1) is 15.2. The second kappa shape index (κ2) is 5.87. The number of hydrogen-bond acceptors (Lipinski definition) is 1. The Morgan fingerprint density at radius 3 is 2.44 bits per heavy atom. The van der Waals surface area contributed by atoms with Crippen molar-refractivity contribution in [1.82, 2.24) is 0 Å². The average molecular weight is 312 g/mol. The number of carbonyl (C=O) groups excluding carboxylic acids is 1. The van der Waals surface area contributed by atoms with Crippen LogP contribution in [-0.4, -0.2) is 5.91 Å². The Kier molecular flexibility index (Phi) is 4.97. The van der Waals surface area contributed by atoms with Crippen LogP contribution in [-0.2, 0) is 4.79 Å². The van der Waals surface area contributed by atoms with E-state index in [1.54, 1.807) is 0 Å². The summed E-state index contributed by atoms with van der Waals surface area (Å²) in [6.45, 7) is 10.6. The molecule has 0 aliphatic heterocycles. The van der Waals surface area contributed by atoms with Crippen molar-refractivity contribution in [1.29, 1.82) is 0 Å². The summed E-state index contributed by atoms with van der Waals surface area (Å²) in [7, 11) is 0. The van der Waals surface area contributed by atoms with Gasteiger partial charge in [0.05, 0.1) is 0 Å². The Balaban J connectivity index is 2.65. The van der Waals surface area contributed by atoms with Gasteiger partial charge in [0.2, 0.25) is 5.91 Å². The summed E-state index contributed by atoms with van der Waals surface area (Å²) in [5, 5.41) is 2.96. The van der Waals surface area contributed by atoms with E-state index in [1.165, 1.54) is 0 Å². The lowest BCUT2D eigenvalue weighted by Crippen LogP contribution is -2.23. The molecule has 100 valence electrons.